The Morgan fingerprint density at radius 3 is 2.55 bits per heavy atom. The zero-order valence-electron chi connectivity index (χ0n) is 12.9. The minimum Gasteiger partial charge on any atom is -0.490 e. The highest BCUT2D eigenvalue weighted by Crippen LogP contribution is 2.29. The lowest BCUT2D eigenvalue weighted by molar-refractivity contribution is 0.170. The SMILES string of the molecule is CCOc1cc(CC(N)CC)ccc1OCCCOC. The van der Waals surface area contributed by atoms with Crippen molar-refractivity contribution in [2.75, 3.05) is 26.9 Å². The number of benzene rings is 1. The normalized spacial score (nSPS) is 12.2. The molecule has 0 bridgehead atoms. The third-order valence-corrected chi connectivity index (χ3v) is 3.08. The predicted octanol–water partition coefficient (Wildman–Crippen LogP) is 2.78. The van der Waals surface area contributed by atoms with Crippen molar-refractivity contribution >= 4 is 0 Å². The summed E-state index contributed by atoms with van der Waals surface area (Å²) in [5.74, 6) is 1.59. The Morgan fingerprint density at radius 1 is 1.10 bits per heavy atom. The molecule has 20 heavy (non-hydrogen) atoms. The molecule has 114 valence electrons. The van der Waals surface area contributed by atoms with Crippen molar-refractivity contribution < 1.29 is 14.2 Å². The Morgan fingerprint density at radius 2 is 1.90 bits per heavy atom. The van der Waals surface area contributed by atoms with Gasteiger partial charge < -0.3 is 19.9 Å². The molecule has 0 aliphatic heterocycles. The molecule has 0 aromatic heterocycles. The van der Waals surface area contributed by atoms with E-state index in [1.54, 1.807) is 7.11 Å². The van der Waals surface area contributed by atoms with Crippen LogP contribution in [0.3, 0.4) is 0 Å². The maximum Gasteiger partial charge on any atom is 0.161 e. The zero-order valence-corrected chi connectivity index (χ0v) is 12.9. The van der Waals surface area contributed by atoms with Gasteiger partial charge in [-0.2, -0.15) is 0 Å². The lowest BCUT2D eigenvalue weighted by Crippen LogP contribution is -2.21. The number of methoxy groups -OCH3 is 1. The first kappa shape index (κ1) is 16.8. The lowest BCUT2D eigenvalue weighted by Gasteiger charge is -2.15. The van der Waals surface area contributed by atoms with Crippen molar-refractivity contribution in [3.8, 4) is 11.5 Å². The van der Waals surface area contributed by atoms with E-state index >= 15 is 0 Å². The van der Waals surface area contributed by atoms with Crippen molar-refractivity contribution in [3.63, 3.8) is 0 Å². The summed E-state index contributed by atoms with van der Waals surface area (Å²) in [7, 11) is 1.69. The van der Waals surface area contributed by atoms with E-state index in [1.165, 1.54) is 5.56 Å². The molecule has 0 amide bonds. The summed E-state index contributed by atoms with van der Waals surface area (Å²) >= 11 is 0. The summed E-state index contributed by atoms with van der Waals surface area (Å²) in [6, 6.07) is 6.25. The summed E-state index contributed by atoms with van der Waals surface area (Å²) in [5, 5.41) is 0. The van der Waals surface area contributed by atoms with Gasteiger partial charge in [-0.1, -0.05) is 13.0 Å². The first-order chi connectivity index (χ1) is 9.71. The summed E-state index contributed by atoms with van der Waals surface area (Å²) < 4.78 is 16.4. The van der Waals surface area contributed by atoms with Gasteiger partial charge in [0.25, 0.3) is 0 Å². The zero-order chi connectivity index (χ0) is 14.8. The fraction of sp³-hybridized carbons (Fsp3) is 0.625. The standard InChI is InChI=1S/C16H27NO3/c1-4-14(17)11-13-7-8-15(16(12-13)19-5-2)20-10-6-9-18-3/h7-8,12,14H,4-6,9-11,17H2,1-3H3. The number of rotatable bonds is 10. The monoisotopic (exact) mass is 281 g/mol. The van der Waals surface area contributed by atoms with E-state index in [-0.39, 0.29) is 6.04 Å². The Balaban J connectivity index is 2.68. The van der Waals surface area contributed by atoms with E-state index in [2.05, 4.69) is 13.0 Å². The van der Waals surface area contributed by atoms with Crippen LogP contribution in [-0.2, 0) is 11.2 Å². The maximum atomic E-state index is 5.99. The van der Waals surface area contributed by atoms with Crippen LogP contribution < -0.4 is 15.2 Å². The second-order valence-electron chi connectivity index (χ2n) is 4.78. The van der Waals surface area contributed by atoms with Crippen LogP contribution in [0.15, 0.2) is 18.2 Å². The molecule has 0 radical (unpaired) electrons. The minimum atomic E-state index is 0.193. The maximum absolute atomic E-state index is 5.99. The summed E-state index contributed by atoms with van der Waals surface area (Å²) in [6.07, 6.45) is 2.70. The quantitative estimate of drug-likeness (QED) is 0.670. The average molecular weight is 281 g/mol. The third kappa shape index (κ3) is 5.80. The molecule has 2 N–H and O–H groups in total. The first-order valence-electron chi connectivity index (χ1n) is 7.34. The van der Waals surface area contributed by atoms with Gasteiger partial charge in [-0.05, 0) is 37.5 Å². The fourth-order valence-electron chi connectivity index (χ4n) is 1.90. The molecule has 1 aromatic carbocycles. The van der Waals surface area contributed by atoms with Gasteiger partial charge in [0, 0.05) is 26.2 Å². The predicted molar refractivity (Wildman–Crippen MR) is 81.6 cm³/mol. The largest absolute Gasteiger partial charge is 0.490 e. The molecule has 0 spiro atoms. The van der Waals surface area contributed by atoms with Crippen molar-refractivity contribution in [3.05, 3.63) is 23.8 Å². The molecule has 4 nitrogen and oxygen atoms in total. The highest BCUT2D eigenvalue weighted by molar-refractivity contribution is 5.43. The Labute approximate surface area is 122 Å². The van der Waals surface area contributed by atoms with Gasteiger partial charge in [-0.15, -0.1) is 0 Å². The number of nitrogens with two attached hydrogens (primary N) is 1. The van der Waals surface area contributed by atoms with Gasteiger partial charge in [0.2, 0.25) is 0 Å². The van der Waals surface area contributed by atoms with Crippen LogP contribution in [0.1, 0.15) is 32.3 Å². The lowest BCUT2D eigenvalue weighted by atomic mass is 10.0. The van der Waals surface area contributed by atoms with Gasteiger partial charge in [-0.3, -0.25) is 0 Å². The number of ether oxygens (including phenoxy) is 3. The Hall–Kier alpha value is -1.26. The molecule has 4 heteroatoms. The molecule has 0 saturated carbocycles. The summed E-state index contributed by atoms with van der Waals surface area (Å²) in [6.45, 7) is 6.02. The van der Waals surface area contributed by atoms with Crippen LogP contribution in [0, 0.1) is 0 Å². The molecule has 1 atom stereocenters. The van der Waals surface area contributed by atoms with Crippen LogP contribution in [0.25, 0.3) is 0 Å². The Kier molecular flexibility index (Phi) is 8.07. The smallest absolute Gasteiger partial charge is 0.161 e. The Bertz CT molecular complexity index is 382. The summed E-state index contributed by atoms with van der Waals surface area (Å²) in [5.41, 5.74) is 7.18. The molecule has 0 aliphatic carbocycles. The van der Waals surface area contributed by atoms with Crippen LogP contribution >= 0.6 is 0 Å². The summed E-state index contributed by atoms with van der Waals surface area (Å²) in [4.78, 5) is 0. The topological polar surface area (TPSA) is 53.7 Å². The van der Waals surface area contributed by atoms with Crippen LogP contribution in [0.2, 0.25) is 0 Å². The molecular formula is C16H27NO3. The first-order valence-corrected chi connectivity index (χ1v) is 7.34. The van der Waals surface area contributed by atoms with E-state index in [0.717, 1.165) is 30.8 Å². The number of hydrogen-bond acceptors (Lipinski definition) is 4. The molecular weight excluding hydrogens is 254 g/mol. The third-order valence-electron chi connectivity index (χ3n) is 3.08. The molecule has 0 aliphatic rings. The van der Waals surface area contributed by atoms with Gasteiger partial charge in [0.1, 0.15) is 0 Å². The molecule has 1 rings (SSSR count). The highest BCUT2D eigenvalue weighted by Gasteiger charge is 2.08. The van der Waals surface area contributed by atoms with Gasteiger partial charge >= 0.3 is 0 Å². The molecule has 1 unspecified atom stereocenters. The van der Waals surface area contributed by atoms with Gasteiger partial charge in [0.15, 0.2) is 11.5 Å². The van der Waals surface area contributed by atoms with Gasteiger partial charge in [0.05, 0.1) is 13.2 Å². The average Bonchev–Trinajstić information content (AvgIpc) is 2.45. The second kappa shape index (κ2) is 9.61. The second-order valence-corrected chi connectivity index (χ2v) is 4.78. The van der Waals surface area contributed by atoms with E-state index in [4.69, 9.17) is 19.9 Å². The van der Waals surface area contributed by atoms with E-state index in [9.17, 15) is 0 Å². The van der Waals surface area contributed by atoms with Crippen LogP contribution in [-0.4, -0.2) is 33.0 Å². The molecule has 1 aromatic rings. The van der Waals surface area contributed by atoms with Crippen LogP contribution in [0.4, 0.5) is 0 Å². The van der Waals surface area contributed by atoms with Crippen molar-refractivity contribution in [2.24, 2.45) is 5.73 Å². The minimum absolute atomic E-state index is 0.193. The fourth-order valence-corrected chi connectivity index (χ4v) is 1.90. The molecule has 0 fully saturated rings. The van der Waals surface area contributed by atoms with Crippen molar-refractivity contribution in [2.45, 2.75) is 39.2 Å². The molecule has 0 heterocycles. The van der Waals surface area contributed by atoms with Crippen molar-refractivity contribution in [1.29, 1.82) is 0 Å². The van der Waals surface area contributed by atoms with Crippen LogP contribution in [0.5, 0.6) is 11.5 Å². The van der Waals surface area contributed by atoms with E-state index < -0.39 is 0 Å². The molecule has 0 saturated heterocycles. The van der Waals surface area contributed by atoms with Crippen molar-refractivity contribution in [1.82, 2.24) is 0 Å². The highest BCUT2D eigenvalue weighted by atomic mass is 16.5. The number of hydrogen-bond donors (Lipinski definition) is 1. The van der Waals surface area contributed by atoms with E-state index in [1.807, 2.05) is 19.1 Å². The van der Waals surface area contributed by atoms with E-state index in [0.29, 0.717) is 19.8 Å². The van der Waals surface area contributed by atoms with Gasteiger partial charge in [-0.25, -0.2) is 0 Å².